The van der Waals surface area contributed by atoms with Crippen molar-refractivity contribution in [3.8, 4) is 16.9 Å². The third-order valence-corrected chi connectivity index (χ3v) is 4.90. The number of nitrogens with zero attached hydrogens (tertiary/aromatic N) is 1. The van der Waals surface area contributed by atoms with E-state index in [4.69, 9.17) is 23.2 Å². The van der Waals surface area contributed by atoms with Gasteiger partial charge in [0.1, 0.15) is 5.75 Å². The Kier molecular flexibility index (Phi) is 6.96. The fourth-order valence-corrected chi connectivity index (χ4v) is 3.66. The highest BCUT2D eigenvalue weighted by atomic mass is 35.5. The third-order valence-electron chi connectivity index (χ3n) is 4.32. The van der Waals surface area contributed by atoms with Crippen molar-refractivity contribution in [1.82, 2.24) is 0 Å². The van der Waals surface area contributed by atoms with Gasteiger partial charge in [-0.15, -0.1) is 13.2 Å². The Balaban J connectivity index is 1.97. The minimum Gasteiger partial charge on any atom is -0.474 e. The molecule has 1 amide bonds. The molecule has 32 heavy (non-hydrogen) atoms. The van der Waals surface area contributed by atoms with Crippen LogP contribution in [0.1, 0.15) is 5.56 Å². The van der Waals surface area contributed by atoms with Crippen molar-refractivity contribution in [1.29, 1.82) is 0 Å². The highest BCUT2D eigenvalue weighted by Crippen LogP contribution is 2.39. The van der Waals surface area contributed by atoms with Crippen LogP contribution in [0.4, 0.5) is 18.9 Å². The minimum atomic E-state index is -4.81. The number of hydrogen-bond donors (Lipinski definition) is 1. The number of anilines is 1. The van der Waals surface area contributed by atoms with Gasteiger partial charge >= 0.3 is 18.2 Å². The standard InChI is InChI=1S/C22H14Cl2F3NO4/c23-17-10-15(14-6-8-16(9-7-14)32-22(25,26)27)11-18(24)19(17)28(20(29)21(30)31)12-13-4-2-1-3-5-13/h1-11H,12H2,(H,30,31). The SMILES string of the molecule is O=C(O)C(=O)N(Cc1ccccc1)c1c(Cl)cc(-c2ccc(OC(F)(F)F)cc2)cc1Cl. The summed E-state index contributed by atoms with van der Waals surface area (Å²) in [6.45, 7) is -0.0890. The minimum absolute atomic E-state index is 0.00496. The van der Waals surface area contributed by atoms with Crippen molar-refractivity contribution in [2.45, 2.75) is 12.9 Å². The number of ether oxygens (including phenoxy) is 1. The predicted molar refractivity (Wildman–Crippen MR) is 114 cm³/mol. The Hall–Kier alpha value is -3.23. The lowest BCUT2D eigenvalue weighted by molar-refractivity contribution is -0.274. The summed E-state index contributed by atoms with van der Waals surface area (Å²) < 4.78 is 40.9. The summed E-state index contributed by atoms with van der Waals surface area (Å²) in [6, 6.07) is 16.6. The van der Waals surface area contributed by atoms with E-state index in [9.17, 15) is 27.9 Å². The van der Waals surface area contributed by atoms with Gasteiger partial charge in [0.2, 0.25) is 0 Å². The Morgan fingerprint density at radius 3 is 1.97 bits per heavy atom. The average molecular weight is 484 g/mol. The first-order valence-electron chi connectivity index (χ1n) is 8.99. The summed E-state index contributed by atoms with van der Waals surface area (Å²) in [6.07, 6.45) is -4.81. The zero-order valence-electron chi connectivity index (χ0n) is 16.1. The van der Waals surface area contributed by atoms with Crippen LogP contribution in [-0.2, 0) is 16.1 Å². The van der Waals surface area contributed by atoms with Crippen molar-refractivity contribution in [2.75, 3.05) is 4.90 Å². The van der Waals surface area contributed by atoms with Crippen molar-refractivity contribution in [2.24, 2.45) is 0 Å². The van der Waals surface area contributed by atoms with Gasteiger partial charge in [-0.2, -0.15) is 0 Å². The molecule has 0 bridgehead atoms. The van der Waals surface area contributed by atoms with E-state index >= 15 is 0 Å². The van der Waals surface area contributed by atoms with Gasteiger partial charge in [-0.1, -0.05) is 65.7 Å². The van der Waals surface area contributed by atoms with Crippen LogP contribution >= 0.6 is 23.2 Å². The predicted octanol–water partition coefficient (Wildman–Crippen LogP) is 6.18. The zero-order valence-corrected chi connectivity index (χ0v) is 17.6. The number of alkyl halides is 3. The van der Waals surface area contributed by atoms with Crippen LogP contribution in [0.25, 0.3) is 11.1 Å². The summed E-state index contributed by atoms with van der Waals surface area (Å²) >= 11 is 12.7. The number of rotatable bonds is 5. The van der Waals surface area contributed by atoms with E-state index < -0.39 is 24.0 Å². The monoisotopic (exact) mass is 483 g/mol. The Bertz CT molecular complexity index is 1110. The number of carboxylic acid groups (broad SMARTS) is 1. The molecule has 0 saturated carbocycles. The van der Waals surface area contributed by atoms with Crippen LogP contribution in [0, 0.1) is 0 Å². The third kappa shape index (κ3) is 5.72. The molecule has 0 aromatic heterocycles. The fourth-order valence-electron chi connectivity index (χ4n) is 2.97. The van der Waals surface area contributed by atoms with Crippen LogP contribution in [0.5, 0.6) is 5.75 Å². The molecule has 166 valence electrons. The molecule has 0 unspecified atom stereocenters. The molecule has 0 saturated heterocycles. The zero-order chi connectivity index (χ0) is 23.5. The molecule has 1 N–H and O–H groups in total. The number of benzene rings is 3. The number of amides is 1. The highest BCUT2D eigenvalue weighted by molar-refractivity contribution is 6.44. The molecule has 0 heterocycles. The molecule has 0 atom stereocenters. The molecule has 0 spiro atoms. The molecule has 3 aromatic carbocycles. The second-order valence-corrected chi connectivity index (χ2v) is 7.36. The maximum atomic E-state index is 12.4. The normalized spacial score (nSPS) is 11.2. The smallest absolute Gasteiger partial charge is 0.474 e. The topological polar surface area (TPSA) is 66.8 Å². The molecule has 0 aliphatic heterocycles. The van der Waals surface area contributed by atoms with Crippen molar-refractivity contribution in [3.63, 3.8) is 0 Å². The van der Waals surface area contributed by atoms with Crippen LogP contribution in [-0.4, -0.2) is 23.3 Å². The lowest BCUT2D eigenvalue weighted by Gasteiger charge is -2.24. The van der Waals surface area contributed by atoms with Crippen LogP contribution < -0.4 is 9.64 Å². The van der Waals surface area contributed by atoms with Gasteiger partial charge < -0.3 is 9.84 Å². The molecule has 0 fully saturated rings. The first-order chi connectivity index (χ1) is 15.0. The summed E-state index contributed by atoms with van der Waals surface area (Å²) in [5.41, 5.74) is 1.59. The number of halogens is 5. The van der Waals surface area contributed by atoms with E-state index in [-0.39, 0.29) is 22.3 Å². The largest absolute Gasteiger partial charge is 0.573 e. The Morgan fingerprint density at radius 2 is 1.47 bits per heavy atom. The first-order valence-corrected chi connectivity index (χ1v) is 9.74. The highest BCUT2D eigenvalue weighted by Gasteiger charge is 2.31. The van der Waals surface area contributed by atoms with Gasteiger partial charge in [-0.3, -0.25) is 9.69 Å². The van der Waals surface area contributed by atoms with E-state index in [2.05, 4.69) is 4.74 Å². The quantitative estimate of drug-likeness (QED) is 0.440. The van der Waals surface area contributed by atoms with Crippen molar-refractivity contribution < 1.29 is 32.6 Å². The van der Waals surface area contributed by atoms with Crippen LogP contribution in [0.2, 0.25) is 10.0 Å². The van der Waals surface area contributed by atoms with E-state index in [1.165, 1.54) is 24.3 Å². The van der Waals surface area contributed by atoms with Gasteiger partial charge in [0.05, 0.1) is 22.3 Å². The van der Waals surface area contributed by atoms with E-state index in [1.54, 1.807) is 30.3 Å². The molecule has 3 aromatic rings. The average Bonchev–Trinajstić information content (AvgIpc) is 2.72. The number of carboxylic acids is 1. The Labute approximate surface area is 190 Å². The molecular formula is C22H14Cl2F3NO4. The van der Waals surface area contributed by atoms with E-state index in [0.29, 0.717) is 16.7 Å². The van der Waals surface area contributed by atoms with E-state index in [1.807, 2.05) is 0 Å². The second-order valence-electron chi connectivity index (χ2n) is 6.54. The van der Waals surface area contributed by atoms with E-state index in [0.717, 1.165) is 17.0 Å². The molecule has 0 aliphatic rings. The molecule has 3 rings (SSSR count). The Morgan fingerprint density at radius 1 is 0.906 bits per heavy atom. The first kappa shape index (κ1) is 23.4. The molecule has 0 aliphatic carbocycles. The maximum Gasteiger partial charge on any atom is 0.573 e. The summed E-state index contributed by atoms with van der Waals surface area (Å²) in [5.74, 6) is -3.30. The van der Waals surface area contributed by atoms with Crippen LogP contribution in [0.15, 0.2) is 66.7 Å². The van der Waals surface area contributed by atoms with Gasteiger partial charge in [-0.25, -0.2) is 4.79 Å². The van der Waals surface area contributed by atoms with Gasteiger partial charge in [0.25, 0.3) is 0 Å². The molecule has 0 radical (unpaired) electrons. The lowest BCUT2D eigenvalue weighted by atomic mass is 10.0. The fraction of sp³-hybridized carbons (Fsp3) is 0.0909. The molecule has 5 nitrogen and oxygen atoms in total. The van der Waals surface area contributed by atoms with Crippen molar-refractivity contribution >= 4 is 40.8 Å². The lowest BCUT2D eigenvalue weighted by Crippen LogP contribution is -2.36. The summed E-state index contributed by atoms with van der Waals surface area (Å²) in [4.78, 5) is 24.7. The van der Waals surface area contributed by atoms with Gasteiger partial charge in [0.15, 0.2) is 0 Å². The number of carbonyl (C=O) groups is 2. The summed E-state index contributed by atoms with van der Waals surface area (Å²) in [7, 11) is 0. The van der Waals surface area contributed by atoms with Gasteiger partial charge in [-0.05, 0) is 41.0 Å². The van der Waals surface area contributed by atoms with Gasteiger partial charge in [0, 0.05) is 0 Å². The number of hydrogen-bond acceptors (Lipinski definition) is 3. The number of aliphatic carboxylic acids is 1. The van der Waals surface area contributed by atoms with Crippen molar-refractivity contribution in [3.05, 3.63) is 82.3 Å². The maximum absolute atomic E-state index is 12.4. The molecular weight excluding hydrogens is 470 g/mol. The number of carbonyl (C=O) groups excluding carboxylic acids is 1. The van der Waals surface area contributed by atoms with Crippen LogP contribution in [0.3, 0.4) is 0 Å². The second kappa shape index (κ2) is 9.50. The summed E-state index contributed by atoms with van der Waals surface area (Å²) in [5, 5.41) is 9.23. The molecule has 10 heteroatoms.